The first-order chi connectivity index (χ1) is 9.53. The molecule has 3 atom stereocenters. The normalized spacial score (nSPS) is 28.0. The molecule has 0 aromatic heterocycles. The Morgan fingerprint density at radius 3 is 2.19 bits per heavy atom. The van der Waals surface area contributed by atoms with E-state index in [0.29, 0.717) is 6.54 Å². The first-order valence-corrected chi connectivity index (χ1v) is 7.95. The molecule has 0 aromatic rings. The molecule has 1 heterocycles. The fraction of sp³-hybridized carbons (Fsp3) is 0.882. The van der Waals surface area contributed by atoms with Gasteiger partial charge in [-0.3, -0.25) is 0 Å². The van der Waals surface area contributed by atoms with Gasteiger partial charge < -0.3 is 14.7 Å². The number of hydrogen-bond donors (Lipinski definition) is 1. The molecule has 0 bridgehead atoms. The van der Waals surface area contributed by atoms with Crippen LogP contribution >= 0.6 is 0 Å². The van der Waals surface area contributed by atoms with E-state index in [1.54, 1.807) is 0 Å². The van der Waals surface area contributed by atoms with Crippen LogP contribution in [0.4, 0.5) is 0 Å². The third kappa shape index (κ3) is 6.47. The molecule has 0 spiro atoms. The highest BCUT2D eigenvalue weighted by atomic mass is 16.6. The van der Waals surface area contributed by atoms with Gasteiger partial charge in [-0.1, -0.05) is 6.08 Å². The van der Waals surface area contributed by atoms with Gasteiger partial charge in [0.05, 0.1) is 23.8 Å². The van der Waals surface area contributed by atoms with Crippen LogP contribution in [0.3, 0.4) is 0 Å². The van der Waals surface area contributed by atoms with Crippen LogP contribution in [0, 0.1) is 0 Å². The Balaban J connectivity index is 2.81. The molecule has 0 unspecified atom stereocenters. The molecular weight excluding hydrogens is 266 g/mol. The van der Waals surface area contributed by atoms with E-state index in [9.17, 15) is 5.21 Å². The zero-order chi connectivity index (χ0) is 16.3. The summed E-state index contributed by atoms with van der Waals surface area (Å²) in [6.45, 7) is 16.5. The van der Waals surface area contributed by atoms with E-state index in [2.05, 4.69) is 6.58 Å². The minimum Gasteiger partial charge on any atom is -0.368 e. The van der Waals surface area contributed by atoms with Crippen LogP contribution in [0.25, 0.3) is 0 Å². The van der Waals surface area contributed by atoms with E-state index >= 15 is 0 Å². The lowest BCUT2D eigenvalue weighted by atomic mass is 10.0. The van der Waals surface area contributed by atoms with Crippen molar-refractivity contribution < 1.29 is 14.7 Å². The zero-order valence-electron chi connectivity index (χ0n) is 14.6. The Labute approximate surface area is 130 Å². The molecule has 1 N–H and O–H groups in total. The standard InChI is InChI=1S/C17H33NO3/c1-8-9-10-11-13-15(21-17(5,6)7)14(12-18(13)19)20-16(2,3)4/h8,13-15,19H,1,9-12H2,2-7H3/t13-,14-,15-/m0/s1. The Morgan fingerprint density at radius 1 is 1.14 bits per heavy atom. The summed E-state index contributed by atoms with van der Waals surface area (Å²) < 4.78 is 12.3. The fourth-order valence-electron chi connectivity index (χ4n) is 2.75. The van der Waals surface area contributed by atoms with Crippen molar-refractivity contribution in [3.05, 3.63) is 12.7 Å². The minimum absolute atomic E-state index is 0.0171. The Kier molecular flexibility index (Phi) is 6.41. The second-order valence-electron chi connectivity index (χ2n) is 7.87. The van der Waals surface area contributed by atoms with Crippen molar-refractivity contribution in [2.24, 2.45) is 0 Å². The van der Waals surface area contributed by atoms with Crippen LogP contribution in [-0.2, 0) is 9.47 Å². The summed E-state index contributed by atoms with van der Waals surface area (Å²) in [4.78, 5) is 0. The van der Waals surface area contributed by atoms with Gasteiger partial charge in [-0.15, -0.1) is 6.58 Å². The smallest absolute Gasteiger partial charge is 0.103 e. The molecule has 1 fully saturated rings. The van der Waals surface area contributed by atoms with Gasteiger partial charge in [-0.25, -0.2) is 0 Å². The van der Waals surface area contributed by atoms with Crippen molar-refractivity contribution in [3.8, 4) is 0 Å². The number of nitrogens with zero attached hydrogens (tertiary/aromatic N) is 1. The first-order valence-electron chi connectivity index (χ1n) is 7.95. The van der Waals surface area contributed by atoms with Gasteiger partial charge in [0, 0.05) is 0 Å². The van der Waals surface area contributed by atoms with Crippen LogP contribution in [0.2, 0.25) is 0 Å². The molecule has 0 amide bonds. The Hall–Kier alpha value is -0.420. The number of unbranched alkanes of at least 4 members (excludes halogenated alkanes) is 1. The van der Waals surface area contributed by atoms with Crippen LogP contribution < -0.4 is 0 Å². The molecule has 4 heteroatoms. The average Bonchev–Trinajstić information content (AvgIpc) is 2.52. The van der Waals surface area contributed by atoms with E-state index in [4.69, 9.17) is 9.47 Å². The number of hydrogen-bond acceptors (Lipinski definition) is 4. The molecular formula is C17H33NO3. The topological polar surface area (TPSA) is 41.9 Å². The third-order valence-corrected chi connectivity index (χ3v) is 3.40. The van der Waals surface area contributed by atoms with Crippen LogP contribution in [0.5, 0.6) is 0 Å². The number of ether oxygens (including phenoxy) is 2. The SMILES string of the molecule is C=CCCC[C@H]1[C@H](OC(C)(C)C)[C@@H](OC(C)(C)C)CN1O. The van der Waals surface area contributed by atoms with Gasteiger partial charge in [-0.05, 0) is 60.8 Å². The van der Waals surface area contributed by atoms with Crippen LogP contribution in [-0.4, -0.2) is 46.3 Å². The summed E-state index contributed by atoms with van der Waals surface area (Å²) in [5, 5.41) is 11.7. The van der Waals surface area contributed by atoms with Gasteiger partial charge in [0.2, 0.25) is 0 Å². The van der Waals surface area contributed by atoms with E-state index in [-0.39, 0.29) is 29.5 Å². The monoisotopic (exact) mass is 299 g/mol. The van der Waals surface area contributed by atoms with Crippen LogP contribution in [0.15, 0.2) is 12.7 Å². The first kappa shape index (κ1) is 18.6. The van der Waals surface area contributed by atoms with Crippen molar-refractivity contribution >= 4 is 0 Å². The number of rotatable bonds is 6. The van der Waals surface area contributed by atoms with Gasteiger partial charge in [0.15, 0.2) is 0 Å². The Bertz CT molecular complexity index is 330. The zero-order valence-corrected chi connectivity index (χ0v) is 14.6. The second-order valence-corrected chi connectivity index (χ2v) is 7.87. The highest BCUT2D eigenvalue weighted by Crippen LogP contribution is 2.31. The molecule has 0 aromatic carbocycles. The molecule has 4 nitrogen and oxygen atoms in total. The predicted octanol–water partition coefficient (Wildman–Crippen LogP) is 3.78. The molecule has 21 heavy (non-hydrogen) atoms. The molecule has 1 aliphatic heterocycles. The molecule has 124 valence electrons. The van der Waals surface area contributed by atoms with Crippen molar-refractivity contribution in [1.82, 2.24) is 5.06 Å². The molecule has 1 saturated heterocycles. The summed E-state index contributed by atoms with van der Waals surface area (Å²) in [7, 11) is 0. The fourth-order valence-corrected chi connectivity index (χ4v) is 2.75. The predicted molar refractivity (Wildman–Crippen MR) is 85.6 cm³/mol. The van der Waals surface area contributed by atoms with Crippen molar-refractivity contribution in [3.63, 3.8) is 0 Å². The van der Waals surface area contributed by atoms with Crippen LogP contribution in [0.1, 0.15) is 60.8 Å². The summed E-state index contributed by atoms with van der Waals surface area (Å²) >= 11 is 0. The number of hydroxylamine groups is 2. The van der Waals surface area contributed by atoms with Gasteiger partial charge in [-0.2, -0.15) is 5.06 Å². The molecule has 0 radical (unpaired) electrons. The largest absolute Gasteiger partial charge is 0.368 e. The molecule has 0 saturated carbocycles. The lowest BCUT2D eigenvalue weighted by Gasteiger charge is -2.34. The maximum atomic E-state index is 10.3. The minimum atomic E-state index is -0.258. The highest BCUT2D eigenvalue weighted by molar-refractivity contribution is 4.94. The van der Waals surface area contributed by atoms with Crippen molar-refractivity contribution in [1.29, 1.82) is 0 Å². The van der Waals surface area contributed by atoms with Crippen molar-refractivity contribution in [2.45, 2.75) is 90.3 Å². The van der Waals surface area contributed by atoms with Gasteiger partial charge >= 0.3 is 0 Å². The molecule has 1 rings (SSSR count). The highest BCUT2D eigenvalue weighted by Gasteiger charge is 2.45. The quantitative estimate of drug-likeness (QED) is 0.598. The summed E-state index contributed by atoms with van der Waals surface area (Å²) in [6, 6.07) is -0.0171. The average molecular weight is 299 g/mol. The maximum absolute atomic E-state index is 10.3. The van der Waals surface area contributed by atoms with E-state index in [1.165, 1.54) is 5.06 Å². The molecule has 0 aliphatic carbocycles. The summed E-state index contributed by atoms with van der Waals surface area (Å²) in [5.74, 6) is 0. The summed E-state index contributed by atoms with van der Waals surface area (Å²) in [5.41, 5.74) is -0.507. The maximum Gasteiger partial charge on any atom is 0.103 e. The second kappa shape index (κ2) is 7.23. The summed E-state index contributed by atoms with van der Waals surface area (Å²) in [6.07, 6.45) is 4.53. The molecule has 1 aliphatic rings. The Morgan fingerprint density at radius 2 is 1.71 bits per heavy atom. The lowest BCUT2D eigenvalue weighted by molar-refractivity contribution is -0.158. The lowest BCUT2D eigenvalue weighted by Crippen LogP contribution is -2.44. The van der Waals surface area contributed by atoms with E-state index in [1.807, 2.05) is 47.6 Å². The third-order valence-electron chi connectivity index (χ3n) is 3.40. The van der Waals surface area contributed by atoms with E-state index < -0.39 is 0 Å². The van der Waals surface area contributed by atoms with Gasteiger partial charge in [0.1, 0.15) is 12.2 Å². The van der Waals surface area contributed by atoms with Crippen molar-refractivity contribution in [2.75, 3.05) is 6.54 Å². The van der Waals surface area contributed by atoms with E-state index in [0.717, 1.165) is 19.3 Å². The number of allylic oxidation sites excluding steroid dienone is 1. The van der Waals surface area contributed by atoms with Gasteiger partial charge in [0.25, 0.3) is 0 Å².